The number of aromatic nitrogens is 3. The minimum atomic E-state index is -0.213. The Labute approximate surface area is 145 Å². The van der Waals surface area contributed by atoms with Gasteiger partial charge in [-0.25, -0.2) is 9.07 Å². The number of H-pyrrole nitrogens is 1. The second-order valence-electron chi connectivity index (χ2n) is 6.06. The molecule has 25 heavy (non-hydrogen) atoms. The van der Waals surface area contributed by atoms with E-state index >= 15 is 0 Å². The molecule has 4 rings (SSSR count). The molecule has 2 heterocycles. The van der Waals surface area contributed by atoms with E-state index in [1.54, 1.807) is 0 Å². The van der Waals surface area contributed by atoms with Gasteiger partial charge in [-0.05, 0) is 48.9 Å². The van der Waals surface area contributed by atoms with Crippen LogP contribution in [0.25, 0.3) is 16.6 Å². The van der Waals surface area contributed by atoms with Gasteiger partial charge in [0.1, 0.15) is 5.82 Å². The van der Waals surface area contributed by atoms with E-state index in [9.17, 15) is 4.39 Å². The lowest BCUT2D eigenvalue weighted by Crippen LogP contribution is -2.16. The van der Waals surface area contributed by atoms with E-state index in [2.05, 4.69) is 15.4 Å². The van der Waals surface area contributed by atoms with Crippen LogP contribution in [0.15, 0.2) is 67.1 Å². The predicted molar refractivity (Wildman–Crippen MR) is 97.2 cm³/mol. The predicted octanol–water partition coefficient (Wildman–Crippen LogP) is 3.83. The van der Waals surface area contributed by atoms with Crippen LogP contribution in [0.5, 0.6) is 0 Å². The Balaban J connectivity index is 1.33. The molecular formula is C20H19FN4. The number of nitrogens with one attached hydrogen (secondary N) is 2. The van der Waals surface area contributed by atoms with Gasteiger partial charge in [0.2, 0.25) is 0 Å². The fourth-order valence-corrected chi connectivity index (χ4v) is 2.99. The van der Waals surface area contributed by atoms with E-state index in [0.29, 0.717) is 0 Å². The second-order valence-corrected chi connectivity index (χ2v) is 6.06. The van der Waals surface area contributed by atoms with Crippen molar-refractivity contribution in [1.29, 1.82) is 0 Å². The third-order valence-corrected chi connectivity index (χ3v) is 4.29. The minimum absolute atomic E-state index is 0.213. The van der Waals surface area contributed by atoms with Gasteiger partial charge in [-0.15, -0.1) is 0 Å². The van der Waals surface area contributed by atoms with Gasteiger partial charge < -0.3 is 10.3 Å². The highest BCUT2D eigenvalue weighted by Gasteiger charge is 2.05. The van der Waals surface area contributed by atoms with Crippen LogP contribution in [0.2, 0.25) is 0 Å². The lowest BCUT2D eigenvalue weighted by atomic mass is 10.1. The molecule has 4 aromatic rings. The zero-order chi connectivity index (χ0) is 17.1. The first-order valence-corrected chi connectivity index (χ1v) is 8.35. The number of aromatic amines is 1. The number of benzene rings is 2. The van der Waals surface area contributed by atoms with Gasteiger partial charge in [0.05, 0.1) is 11.9 Å². The number of rotatable bonds is 6. The summed E-state index contributed by atoms with van der Waals surface area (Å²) in [6.45, 7) is 1.62. The smallest absolute Gasteiger partial charge is 0.125 e. The van der Waals surface area contributed by atoms with Gasteiger partial charge in [0.15, 0.2) is 0 Å². The van der Waals surface area contributed by atoms with Crippen molar-refractivity contribution in [3.05, 3.63) is 84.1 Å². The molecule has 2 aromatic carbocycles. The Morgan fingerprint density at radius 2 is 2.00 bits per heavy atom. The summed E-state index contributed by atoms with van der Waals surface area (Å²) in [5.41, 5.74) is 4.24. The van der Waals surface area contributed by atoms with Crippen LogP contribution in [-0.2, 0) is 13.0 Å². The molecule has 0 radical (unpaired) electrons. The molecule has 0 bridgehead atoms. The first kappa shape index (κ1) is 15.6. The van der Waals surface area contributed by atoms with Crippen molar-refractivity contribution in [3.63, 3.8) is 0 Å². The number of nitrogens with zero attached hydrogens (tertiary/aromatic N) is 2. The molecule has 4 nitrogen and oxygen atoms in total. The van der Waals surface area contributed by atoms with Crippen LogP contribution in [0.3, 0.4) is 0 Å². The molecule has 0 saturated carbocycles. The summed E-state index contributed by atoms with van der Waals surface area (Å²) in [4.78, 5) is 3.13. The highest BCUT2D eigenvalue weighted by atomic mass is 19.1. The van der Waals surface area contributed by atoms with Crippen molar-refractivity contribution in [2.45, 2.75) is 13.0 Å². The molecule has 0 amide bonds. The highest BCUT2D eigenvalue weighted by molar-refractivity contribution is 5.83. The first-order chi connectivity index (χ1) is 12.3. The average Bonchev–Trinajstić information content (AvgIpc) is 3.26. The van der Waals surface area contributed by atoms with E-state index < -0.39 is 0 Å². The van der Waals surface area contributed by atoms with Gasteiger partial charge in [0.25, 0.3) is 0 Å². The molecule has 0 unspecified atom stereocenters. The molecule has 0 aliphatic rings. The first-order valence-electron chi connectivity index (χ1n) is 8.35. The Morgan fingerprint density at radius 1 is 1.12 bits per heavy atom. The summed E-state index contributed by atoms with van der Waals surface area (Å²) >= 11 is 0. The van der Waals surface area contributed by atoms with Gasteiger partial charge in [-0.1, -0.05) is 18.2 Å². The van der Waals surface area contributed by atoms with Crippen molar-refractivity contribution >= 4 is 10.9 Å². The van der Waals surface area contributed by atoms with Crippen LogP contribution in [0.1, 0.15) is 11.1 Å². The van der Waals surface area contributed by atoms with Crippen molar-refractivity contribution in [1.82, 2.24) is 20.1 Å². The van der Waals surface area contributed by atoms with Crippen LogP contribution in [-0.4, -0.2) is 21.3 Å². The lowest BCUT2D eigenvalue weighted by Gasteiger charge is -2.03. The number of hydrogen-bond acceptors (Lipinski definition) is 2. The zero-order valence-electron chi connectivity index (χ0n) is 13.7. The average molecular weight is 334 g/mol. The Hall–Kier alpha value is -2.92. The summed E-state index contributed by atoms with van der Waals surface area (Å²) in [6, 6.07) is 14.9. The molecule has 5 heteroatoms. The van der Waals surface area contributed by atoms with Gasteiger partial charge in [-0.2, -0.15) is 5.10 Å². The molecule has 0 aliphatic carbocycles. The summed E-state index contributed by atoms with van der Waals surface area (Å²) < 4.78 is 15.1. The Morgan fingerprint density at radius 3 is 2.88 bits per heavy atom. The maximum absolute atomic E-state index is 13.2. The SMILES string of the molecule is Fc1ccc2c(CCNCc3cnn(-c4ccccc4)c3)c[nH]c2c1. The molecule has 2 aromatic heterocycles. The molecule has 126 valence electrons. The van der Waals surface area contributed by atoms with Crippen LogP contribution >= 0.6 is 0 Å². The van der Waals surface area contributed by atoms with Crippen molar-refractivity contribution < 1.29 is 4.39 Å². The molecule has 0 atom stereocenters. The van der Waals surface area contributed by atoms with E-state index in [-0.39, 0.29) is 5.82 Å². The minimum Gasteiger partial charge on any atom is -0.361 e. The fraction of sp³-hybridized carbons (Fsp3) is 0.150. The van der Waals surface area contributed by atoms with Crippen molar-refractivity contribution in [3.8, 4) is 5.69 Å². The highest BCUT2D eigenvalue weighted by Crippen LogP contribution is 2.19. The maximum Gasteiger partial charge on any atom is 0.125 e. The van der Waals surface area contributed by atoms with E-state index in [0.717, 1.165) is 41.7 Å². The molecule has 0 aliphatic heterocycles. The van der Waals surface area contributed by atoms with Crippen molar-refractivity contribution in [2.24, 2.45) is 0 Å². The number of para-hydroxylation sites is 1. The molecule has 0 saturated heterocycles. The Kier molecular flexibility index (Phi) is 4.31. The maximum atomic E-state index is 13.2. The fourth-order valence-electron chi connectivity index (χ4n) is 2.99. The summed E-state index contributed by atoms with van der Waals surface area (Å²) in [5, 5.41) is 8.92. The number of halogens is 1. The van der Waals surface area contributed by atoms with Gasteiger partial charge in [0, 0.05) is 35.4 Å². The quantitative estimate of drug-likeness (QED) is 0.527. The third-order valence-electron chi connectivity index (χ3n) is 4.29. The number of fused-ring (bicyclic) bond motifs is 1. The number of hydrogen-bond donors (Lipinski definition) is 2. The standard InChI is InChI=1S/C20H19FN4/c21-17-6-7-19-16(13-23-20(19)10-17)8-9-22-11-15-12-24-25(14-15)18-4-2-1-3-5-18/h1-7,10,12-14,22-23H,8-9,11H2. The molecule has 0 spiro atoms. The zero-order valence-corrected chi connectivity index (χ0v) is 13.7. The molecule has 0 fully saturated rings. The monoisotopic (exact) mass is 334 g/mol. The van der Waals surface area contributed by atoms with Crippen LogP contribution < -0.4 is 5.32 Å². The van der Waals surface area contributed by atoms with Gasteiger partial charge in [-0.3, -0.25) is 0 Å². The summed E-state index contributed by atoms with van der Waals surface area (Å²) in [6.07, 6.45) is 6.77. The normalized spacial score (nSPS) is 11.2. The topological polar surface area (TPSA) is 45.6 Å². The molecule has 2 N–H and O–H groups in total. The van der Waals surface area contributed by atoms with Crippen molar-refractivity contribution in [2.75, 3.05) is 6.54 Å². The van der Waals surface area contributed by atoms with E-state index in [1.165, 1.54) is 17.7 Å². The van der Waals surface area contributed by atoms with Gasteiger partial charge >= 0.3 is 0 Å². The summed E-state index contributed by atoms with van der Waals surface area (Å²) in [7, 11) is 0. The summed E-state index contributed by atoms with van der Waals surface area (Å²) in [5.74, 6) is -0.213. The van der Waals surface area contributed by atoms with Crippen LogP contribution in [0, 0.1) is 5.82 Å². The lowest BCUT2D eigenvalue weighted by molar-refractivity contribution is 0.629. The van der Waals surface area contributed by atoms with E-state index in [4.69, 9.17) is 0 Å². The second kappa shape index (κ2) is 6.91. The third kappa shape index (κ3) is 3.46. The van der Waals surface area contributed by atoms with Crippen LogP contribution in [0.4, 0.5) is 4.39 Å². The Bertz CT molecular complexity index is 972. The van der Waals surface area contributed by atoms with E-state index in [1.807, 2.05) is 59.7 Å². The molecular weight excluding hydrogens is 315 g/mol. The largest absolute Gasteiger partial charge is 0.361 e.